The van der Waals surface area contributed by atoms with Gasteiger partial charge in [0.05, 0.1) is 10.9 Å². The van der Waals surface area contributed by atoms with E-state index in [2.05, 4.69) is 29.3 Å². The second-order valence-electron chi connectivity index (χ2n) is 5.03. The first-order valence-electron chi connectivity index (χ1n) is 6.99. The van der Waals surface area contributed by atoms with E-state index in [1.54, 1.807) is 12.1 Å². The summed E-state index contributed by atoms with van der Waals surface area (Å²) in [5.74, 6) is 0.756. The third-order valence-electron chi connectivity index (χ3n) is 3.68. The maximum atomic E-state index is 13.9. The molecule has 1 N–H and O–H groups in total. The van der Waals surface area contributed by atoms with E-state index in [-0.39, 0.29) is 23.4 Å². The molecule has 0 saturated heterocycles. The molecular formula is C15H19ClFN3O. The first kappa shape index (κ1) is 15.9. The molecule has 0 aliphatic heterocycles. The van der Waals surface area contributed by atoms with E-state index in [0.717, 1.165) is 6.42 Å². The van der Waals surface area contributed by atoms with Crippen molar-refractivity contribution in [2.24, 2.45) is 0 Å². The molecular weight excluding hydrogens is 293 g/mol. The molecule has 2 atom stereocenters. The molecule has 0 amide bonds. The Labute approximate surface area is 128 Å². The Bertz CT molecular complexity index is 602. The Morgan fingerprint density at radius 2 is 2.19 bits per heavy atom. The zero-order chi connectivity index (χ0) is 15.4. The van der Waals surface area contributed by atoms with E-state index >= 15 is 0 Å². The van der Waals surface area contributed by atoms with Gasteiger partial charge in [0.15, 0.2) is 5.82 Å². The van der Waals surface area contributed by atoms with Gasteiger partial charge >= 0.3 is 0 Å². The van der Waals surface area contributed by atoms with E-state index in [1.165, 1.54) is 6.07 Å². The molecule has 2 rings (SSSR count). The van der Waals surface area contributed by atoms with Crippen LogP contribution in [-0.4, -0.2) is 23.2 Å². The fourth-order valence-corrected chi connectivity index (χ4v) is 2.48. The topological polar surface area (TPSA) is 51.0 Å². The minimum absolute atomic E-state index is 0.103. The van der Waals surface area contributed by atoms with Crippen molar-refractivity contribution >= 4 is 11.6 Å². The molecule has 0 radical (unpaired) electrons. The van der Waals surface area contributed by atoms with E-state index < -0.39 is 5.82 Å². The van der Waals surface area contributed by atoms with Crippen LogP contribution in [0.4, 0.5) is 4.39 Å². The first-order chi connectivity index (χ1) is 10.1. The smallest absolute Gasteiger partial charge is 0.231 e. The largest absolute Gasteiger partial charge is 0.339 e. The van der Waals surface area contributed by atoms with Gasteiger partial charge in [-0.1, -0.05) is 35.8 Å². The highest BCUT2D eigenvalue weighted by atomic mass is 35.5. The molecule has 0 aliphatic rings. The first-order valence-corrected chi connectivity index (χ1v) is 7.37. The molecule has 0 bridgehead atoms. The monoisotopic (exact) mass is 311 g/mol. The van der Waals surface area contributed by atoms with Gasteiger partial charge in [0.2, 0.25) is 5.89 Å². The Balaban J connectivity index is 2.18. The number of rotatable bonds is 6. The molecule has 0 saturated carbocycles. The molecule has 0 spiro atoms. The van der Waals surface area contributed by atoms with Crippen molar-refractivity contribution in [3.05, 3.63) is 46.3 Å². The Hall–Kier alpha value is -1.46. The minimum Gasteiger partial charge on any atom is -0.339 e. The fourth-order valence-electron chi connectivity index (χ4n) is 2.29. The summed E-state index contributed by atoms with van der Waals surface area (Å²) in [5, 5.41) is 7.23. The Morgan fingerprint density at radius 1 is 1.43 bits per heavy atom. The maximum Gasteiger partial charge on any atom is 0.231 e. The molecule has 0 aliphatic carbocycles. The number of nitrogens with one attached hydrogen (secondary N) is 1. The second kappa shape index (κ2) is 7.00. The number of hydrogen-bond donors (Lipinski definition) is 1. The summed E-state index contributed by atoms with van der Waals surface area (Å²) in [5.41, 5.74) is 0.463. The van der Waals surface area contributed by atoms with Crippen molar-refractivity contribution in [1.82, 2.24) is 15.5 Å². The van der Waals surface area contributed by atoms with Crippen LogP contribution in [0.2, 0.25) is 5.02 Å². The van der Waals surface area contributed by atoms with Crippen LogP contribution in [-0.2, 0) is 6.42 Å². The van der Waals surface area contributed by atoms with Crippen molar-refractivity contribution in [1.29, 1.82) is 0 Å². The third kappa shape index (κ3) is 3.60. The number of benzene rings is 1. The fraction of sp³-hybridized carbons (Fsp3) is 0.467. The number of aromatic nitrogens is 2. The van der Waals surface area contributed by atoms with E-state index in [1.807, 2.05) is 7.05 Å². The lowest BCUT2D eigenvalue weighted by Gasteiger charge is -2.17. The van der Waals surface area contributed by atoms with Gasteiger partial charge in [0.1, 0.15) is 5.82 Å². The van der Waals surface area contributed by atoms with Gasteiger partial charge in [-0.15, -0.1) is 0 Å². The zero-order valence-electron chi connectivity index (χ0n) is 12.4. The molecule has 2 aromatic rings. The van der Waals surface area contributed by atoms with Gasteiger partial charge in [-0.2, -0.15) is 4.98 Å². The maximum absolute atomic E-state index is 13.9. The van der Waals surface area contributed by atoms with Crippen molar-refractivity contribution < 1.29 is 8.91 Å². The van der Waals surface area contributed by atoms with Crippen molar-refractivity contribution in [3.63, 3.8) is 0 Å². The average Bonchev–Trinajstić information content (AvgIpc) is 2.93. The van der Waals surface area contributed by atoms with Crippen LogP contribution in [0.25, 0.3) is 0 Å². The van der Waals surface area contributed by atoms with E-state index in [9.17, 15) is 4.39 Å². The normalized spacial score (nSPS) is 14.1. The van der Waals surface area contributed by atoms with Crippen LogP contribution >= 0.6 is 11.6 Å². The predicted molar refractivity (Wildman–Crippen MR) is 80.1 cm³/mol. The van der Waals surface area contributed by atoms with Crippen molar-refractivity contribution in [2.75, 3.05) is 7.05 Å². The molecule has 1 aromatic heterocycles. The molecule has 21 heavy (non-hydrogen) atoms. The summed E-state index contributed by atoms with van der Waals surface area (Å²) in [6.07, 6.45) is 1.15. The second-order valence-corrected chi connectivity index (χ2v) is 5.44. The standard InChI is InChI=1S/C15H19ClFN3O/c1-4-11(9(2)18-3)15-19-13(20-21-15)8-10-6-5-7-12(16)14(10)17/h5-7,9,11,18H,4,8H2,1-3H3. The SMILES string of the molecule is CCC(c1nc(Cc2cccc(Cl)c2F)no1)C(C)NC. The summed E-state index contributed by atoms with van der Waals surface area (Å²) < 4.78 is 19.2. The minimum atomic E-state index is -0.429. The number of nitrogens with zero attached hydrogens (tertiary/aromatic N) is 2. The van der Waals surface area contributed by atoms with Crippen LogP contribution in [0.1, 0.15) is 43.5 Å². The highest BCUT2D eigenvalue weighted by molar-refractivity contribution is 6.30. The summed E-state index contributed by atoms with van der Waals surface area (Å²) in [6.45, 7) is 4.13. The van der Waals surface area contributed by atoms with E-state index in [4.69, 9.17) is 16.1 Å². The molecule has 1 heterocycles. The third-order valence-corrected chi connectivity index (χ3v) is 3.97. The van der Waals surface area contributed by atoms with Crippen molar-refractivity contribution in [2.45, 2.75) is 38.6 Å². The van der Waals surface area contributed by atoms with Crippen LogP contribution in [0.3, 0.4) is 0 Å². The molecule has 0 fully saturated rings. The highest BCUT2D eigenvalue weighted by Gasteiger charge is 2.23. The lowest BCUT2D eigenvalue weighted by atomic mass is 9.98. The van der Waals surface area contributed by atoms with E-state index in [0.29, 0.717) is 17.3 Å². The molecule has 6 heteroatoms. The summed E-state index contributed by atoms with van der Waals surface area (Å²) >= 11 is 5.77. The van der Waals surface area contributed by atoms with Crippen molar-refractivity contribution in [3.8, 4) is 0 Å². The number of halogens is 2. The van der Waals surface area contributed by atoms with Crippen LogP contribution in [0, 0.1) is 5.82 Å². The molecule has 1 aromatic carbocycles. The lowest BCUT2D eigenvalue weighted by molar-refractivity contribution is 0.320. The predicted octanol–water partition coefficient (Wildman–Crippen LogP) is 3.55. The van der Waals surface area contributed by atoms with Gasteiger partial charge < -0.3 is 9.84 Å². The Kier molecular flexibility index (Phi) is 5.31. The van der Waals surface area contributed by atoms with Gasteiger partial charge in [-0.25, -0.2) is 4.39 Å². The van der Waals surface area contributed by atoms with Gasteiger partial charge in [-0.3, -0.25) is 0 Å². The molecule has 2 unspecified atom stereocenters. The van der Waals surface area contributed by atoms with Gasteiger partial charge in [-0.05, 0) is 32.0 Å². The quantitative estimate of drug-likeness (QED) is 0.886. The number of likely N-dealkylation sites (N-methyl/N-ethyl adjacent to an activating group) is 1. The summed E-state index contributed by atoms with van der Waals surface area (Å²) in [4.78, 5) is 4.39. The molecule has 114 valence electrons. The molecule has 4 nitrogen and oxygen atoms in total. The van der Waals surface area contributed by atoms with Crippen LogP contribution in [0.5, 0.6) is 0 Å². The number of hydrogen-bond acceptors (Lipinski definition) is 4. The summed E-state index contributed by atoms with van der Waals surface area (Å²) in [7, 11) is 1.89. The average molecular weight is 312 g/mol. The van der Waals surface area contributed by atoms with Crippen LogP contribution < -0.4 is 5.32 Å². The van der Waals surface area contributed by atoms with Gasteiger partial charge in [0.25, 0.3) is 0 Å². The zero-order valence-corrected chi connectivity index (χ0v) is 13.1. The Morgan fingerprint density at radius 3 is 2.86 bits per heavy atom. The van der Waals surface area contributed by atoms with Crippen LogP contribution in [0.15, 0.2) is 22.7 Å². The lowest BCUT2D eigenvalue weighted by Crippen LogP contribution is -2.28. The van der Waals surface area contributed by atoms with Gasteiger partial charge in [0, 0.05) is 12.5 Å². The highest BCUT2D eigenvalue weighted by Crippen LogP contribution is 2.23. The summed E-state index contributed by atoms with van der Waals surface area (Å²) in [6, 6.07) is 5.12.